The lowest BCUT2D eigenvalue weighted by Gasteiger charge is -2.40. The molecule has 1 aliphatic carbocycles. The van der Waals surface area contributed by atoms with Crippen LogP contribution in [0.4, 0.5) is 4.39 Å². The van der Waals surface area contributed by atoms with Gasteiger partial charge in [0.2, 0.25) is 0 Å². The van der Waals surface area contributed by atoms with Crippen LogP contribution in [0.25, 0.3) is 0 Å². The molecule has 0 radical (unpaired) electrons. The highest BCUT2D eigenvalue weighted by atomic mass is 19.1. The molecule has 0 amide bonds. The molecule has 0 bridgehead atoms. The molecule has 0 aromatic heterocycles. The Morgan fingerprint density at radius 2 is 1.90 bits per heavy atom. The summed E-state index contributed by atoms with van der Waals surface area (Å²) in [4.78, 5) is 2.67. The lowest BCUT2D eigenvalue weighted by Crippen LogP contribution is -2.51. The zero-order valence-electron chi connectivity index (χ0n) is 12.6. The molecule has 3 heteroatoms. The van der Waals surface area contributed by atoms with E-state index in [0.717, 1.165) is 24.4 Å². The van der Waals surface area contributed by atoms with Gasteiger partial charge >= 0.3 is 0 Å². The van der Waals surface area contributed by atoms with Crippen LogP contribution in [0.2, 0.25) is 0 Å². The van der Waals surface area contributed by atoms with Crippen LogP contribution in [0.15, 0.2) is 24.3 Å². The number of piperidine rings is 1. The van der Waals surface area contributed by atoms with E-state index in [4.69, 9.17) is 0 Å². The third kappa shape index (κ3) is 2.62. The smallest absolute Gasteiger partial charge is 0.126 e. The van der Waals surface area contributed by atoms with Crippen molar-refractivity contribution in [3.63, 3.8) is 0 Å². The van der Waals surface area contributed by atoms with Crippen LogP contribution in [0.1, 0.15) is 50.0 Å². The summed E-state index contributed by atoms with van der Waals surface area (Å²) in [6, 6.07) is 9.32. The Hall–Kier alpha value is -0.930. The zero-order valence-corrected chi connectivity index (χ0v) is 12.6. The van der Waals surface area contributed by atoms with E-state index in [0.29, 0.717) is 18.0 Å². The Morgan fingerprint density at radius 1 is 1.05 bits per heavy atom. The Balaban J connectivity index is 1.32. The largest absolute Gasteiger partial charge is 0.310 e. The minimum absolute atomic E-state index is 0.0275. The number of nitrogens with one attached hydrogen (secondary N) is 1. The van der Waals surface area contributed by atoms with E-state index in [1.165, 1.54) is 38.8 Å². The van der Waals surface area contributed by atoms with E-state index in [1.807, 2.05) is 12.1 Å². The molecule has 1 saturated carbocycles. The molecule has 1 aromatic rings. The zero-order chi connectivity index (χ0) is 14.2. The van der Waals surface area contributed by atoms with Crippen molar-refractivity contribution in [2.45, 2.75) is 62.6 Å². The van der Waals surface area contributed by atoms with Gasteiger partial charge in [0.1, 0.15) is 5.82 Å². The van der Waals surface area contributed by atoms with E-state index < -0.39 is 0 Å². The van der Waals surface area contributed by atoms with E-state index in [-0.39, 0.29) is 5.82 Å². The van der Waals surface area contributed by atoms with Crippen LogP contribution in [0.3, 0.4) is 0 Å². The summed E-state index contributed by atoms with van der Waals surface area (Å²) in [6.45, 7) is 2.57. The highest BCUT2D eigenvalue weighted by molar-refractivity contribution is 5.24. The Labute approximate surface area is 126 Å². The van der Waals surface area contributed by atoms with Crippen LogP contribution in [0, 0.1) is 5.82 Å². The average molecular weight is 288 g/mol. The molecule has 114 valence electrons. The fraction of sp³-hybridized carbons (Fsp3) is 0.667. The molecule has 1 aromatic carbocycles. The van der Waals surface area contributed by atoms with Crippen molar-refractivity contribution in [2.75, 3.05) is 13.1 Å². The van der Waals surface area contributed by atoms with Crippen LogP contribution in [0.5, 0.6) is 0 Å². The van der Waals surface area contributed by atoms with E-state index in [9.17, 15) is 4.39 Å². The fourth-order valence-electron chi connectivity index (χ4n) is 4.56. The van der Waals surface area contributed by atoms with Gasteiger partial charge in [-0.2, -0.15) is 0 Å². The molecule has 0 spiro atoms. The second-order valence-corrected chi connectivity index (χ2v) is 7.05. The third-order valence-electron chi connectivity index (χ3n) is 5.79. The molecule has 2 unspecified atom stereocenters. The predicted molar refractivity (Wildman–Crippen MR) is 82.9 cm³/mol. The number of hydrogen-bond donors (Lipinski definition) is 1. The lowest BCUT2D eigenvalue weighted by molar-refractivity contribution is 0.164. The van der Waals surface area contributed by atoms with E-state index >= 15 is 0 Å². The maximum Gasteiger partial charge on any atom is 0.126 e. The van der Waals surface area contributed by atoms with Crippen molar-refractivity contribution in [3.05, 3.63) is 35.6 Å². The molecule has 2 saturated heterocycles. The number of halogens is 1. The summed E-state index contributed by atoms with van der Waals surface area (Å²) in [7, 11) is 0. The second-order valence-electron chi connectivity index (χ2n) is 7.05. The van der Waals surface area contributed by atoms with Crippen LogP contribution in [-0.4, -0.2) is 36.1 Å². The first-order valence-electron chi connectivity index (χ1n) is 8.56. The topological polar surface area (TPSA) is 15.3 Å². The third-order valence-corrected chi connectivity index (χ3v) is 5.79. The second kappa shape index (κ2) is 5.69. The number of fused-ring (bicyclic) bond motifs is 1. The van der Waals surface area contributed by atoms with Gasteiger partial charge in [-0.05, 0) is 56.2 Å². The highest BCUT2D eigenvalue weighted by Gasteiger charge is 2.39. The first-order chi connectivity index (χ1) is 10.3. The number of hydrogen-bond acceptors (Lipinski definition) is 2. The van der Waals surface area contributed by atoms with E-state index in [2.05, 4.69) is 10.2 Å². The van der Waals surface area contributed by atoms with Gasteiger partial charge in [0.05, 0.1) is 0 Å². The van der Waals surface area contributed by atoms with Crippen molar-refractivity contribution in [1.82, 2.24) is 10.2 Å². The van der Waals surface area contributed by atoms with Gasteiger partial charge in [0.25, 0.3) is 0 Å². The quantitative estimate of drug-likeness (QED) is 0.918. The maximum atomic E-state index is 13.8. The lowest BCUT2D eigenvalue weighted by atomic mass is 9.75. The minimum Gasteiger partial charge on any atom is -0.310 e. The predicted octanol–water partition coefficient (Wildman–Crippen LogP) is 3.29. The molecule has 2 atom stereocenters. The SMILES string of the molecule is Fc1ccccc1C1CC(NC2CCN3CCCCC23)C1. The molecular weight excluding hydrogens is 263 g/mol. The van der Waals surface area contributed by atoms with Gasteiger partial charge in [-0.3, -0.25) is 4.90 Å². The number of benzene rings is 1. The average Bonchev–Trinajstić information content (AvgIpc) is 2.87. The van der Waals surface area contributed by atoms with Gasteiger partial charge in [0, 0.05) is 24.7 Å². The monoisotopic (exact) mass is 288 g/mol. The fourth-order valence-corrected chi connectivity index (χ4v) is 4.56. The molecule has 3 fully saturated rings. The van der Waals surface area contributed by atoms with Gasteiger partial charge in [-0.15, -0.1) is 0 Å². The number of rotatable bonds is 3. The van der Waals surface area contributed by atoms with Gasteiger partial charge in [0.15, 0.2) is 0 Å². The van der Waals surface area contributed by atoms with Gasteiger partial charge in [-0.25, -0.2) is 4.39 Å². The van der Waals surface area contributed by atoms with Crippen molar-refractivity contribution in [3.8, 4) is 0 Å². The Morgan fingerprint density at radius 3 is 2.76 bits per heavy atom. The van der Waals surface area contributed by atoms with Gasteiger partial charge in [-0.1, -0.05) is 24.6 Å². The molecule has 2 nitrogen and oxygen atoms in total. The molecule has 2 aliphatic heterocycles. The van der Waals surface area contributed by atoms with Crippen LogP contribution >= 0.6 is 0 Å². The standard InChI is InChI=1S/C18H25FN2/c19-16-6-2-1-5-15(16)13-11-14(12-13)20-17-8-10-21-9-4-3-7-18(17)21/h1-2,5-6,13-14,17-18,20H,3-4,7-12H2. The summed E-state index contributed by atoms with van der Waals surface area (Å²) in [6.07, 6.45) is 7.63. The van der Waals surface area contributed by atoms with Crippen molar-refractivity contribution < 1.29 is 4.39 Å². The first-order valence-corrected chi connectivity index (χ1v) is 8.56. The van der Waals surface area contributed by atoms with Crippen molar-refractivity contribution >= 4 is 0 Å². The molecule has 3 aliphatic rings. The van der Waals surface area contributed by atoms with Crippen LogP contribution in [-0.2, 0) is 0 Å². The van der Waals surface area contributed by atoms with Crippen molar-refractivity contribution in [2.24, 2.45) is 0 Å². The molecule has 4 rings (SSSR count). The number of nitrogens with zero attached hydrogens (tertiary/aromatic N) is 1. The van der Waals surface area contributed by atoms with Crippen molar-refractivity contribution in [1.29, 1.82) is 0 Å². The van der Waals surface area contributed by atoms with Gasteiger partial charge < -0.3 is 5.32 Å². The van der Waals surface area contributed by atoms with E-state index in [1.54, 1.807) is 12.1 Å². The minimum atomic E-state index is -0.0275. The summed E-state index contributed by atoms with van der Waals surface area (Å²) in [5, 5.41) is 3.87. The Kier molecular flexibility index (Phi) is 3.72. The summed E-state index contributed by atoms with van der Waals surface area (Å²) in [5.41, 5.74) is 0.918. The Bertz CT molecular complexity index is 498. The summed E-state index contributed by atoms with van der Waals surface area (Å²) >= 11 is 0. The highest BCUT2D eigenvalue weighted by Crippen LogP contribution is 2.39. The molecule has 1 N–H and O–H groups in total. The summed E-state index contributed by atoms with van der Waals surface area (Å²) in [5.74, 6) is 0.396. The summed E-state index contributed by atoms with van der Waals surface area (Å²) < 4.78 is 13.8. The first kappa shape index (κ1) is 13.7. The molecule has 2 heterocycles. The molecule has 21 heavy (non-hydrogen) atoms. The van der Waals surface area contributed by atoms with Crippen LogP contribution < -0.4 is 5.32 Å². The maximum absolute atomic E-state index is 13.8. The normalized spacial score (nSPS) is 36.2. The molecular formula is C18H25FN2.